The highest BCUT2D eigenvalue weighted by Gasteiger charge is 2.33. The highest BCUT2D eigenvalue weighted by Crippen LogP contribution is 2.42. The Hall–Kier alpha value is -2.69. The van der Waals surface area contributed by atoms with Gasteiger partial charge in [0.25, 0.3) is 0 Å². The third-order valence-electron chi connectivity index (χ3n) is 4.88. The van der Waals surface area contributed by atoms with Crippen LogP contribution in [0.4, 0.5) is 0 Å². The van der Waals surface area contributed by atoms with Crippen molar-refractivity contribution < 1.29 is 24.5 Å². The fourth-order valence-corrected chi connectivity index (χ4v) is 3.54. The fraction of sp³-hybridized carbons (Fsp3) is 0.350. The van der Waals surface area contributed by atoms with Crippen molar-refractivity contribution in [3.63, 3.8) is 0 Å². The van der Waals surface area contributed by atoms with E-state index >= 15 is 0 Å². The normalized spacial score (nSPS) is 20.3. The Balaban J connectivity index is 1.91. The van der Waals surface area contributed by atoms with E-state index in [-0.39, 0.29) is 29.1 Å². The number of methoxy groups -OCH3 is 2. The Bertz CT molecular complexity index is 720. The lowest BCUT2D eigenvalue weighted by Crippen LogP contribution is -2.25. The number of phenols is 2. The van der Waals surface area contributed by atoms with E-state index in [0.717, 1.165) is 30.4 Å². The monoisotopic (exact) mass is 342 g/mol. The maximum absolute atomic E-state index is 13.1. The topological polar surface area (TPSA) is 76.0 Å². The van der Waals surface area contributed by atoms with Crippen LogP contribution in [-0.2, 0) is 4.79 Å². The maximum atomic E-state index is 13.1. The number of rotatable bonds is 4. The lowest BCUT2D eigenvalue weighted by molar-refractivity contribution is -0.123. The average molecular weight is 342 g/mol. The number of ether oxygens (including phenoxy) is 2. The summed E-state index contributed by atoms with van der Waals surface area (Å²) < 4.78 is 10.3. The van der Waals surface area contributed by atoms with Crippen LogP contribution in [0.2, 0.25) is 0 Å². The first-order valence-electron chi connectivity index (χ1n) is 8.32. The van der Waals surface area contributed by atoms with Gasteiger partial charge in [-0.05, 0) is 48.2 Å². The van der Waals surface area contributed by atoms with Crippen LogP contribution in [0, 0.1) is 0 Å². The maximum Gasteiger partial charge on any atom is 0.160 e. The molecule has 0 saturated heterocycles. The quantitative estimate of drug-likeness (QED) is 0.885. The third-order valence-corrected chi connectivity index (χ3v) is 4.88. The van der Waals surface area contributed by atoms with Gasteiger partial charge in [0.2, 0.25) is 0 Å². The van der Waals surface area contributed by atoms with Crippen molar-refractivity contribution in [2.75, 3.05) is 14.2 Å². The minimum absolute atomic E-state index is 0.0642. The molecule has 25 heavy (non-hydrogen) atoms. The number of carbonyl (C=O) groups is 1. The predicted octanol–water partition coefficient (Wildman–Crippen LogP) is 3.74. The first kappa shape index (κ1) is 17.1. The fourth-order valence-electron chi connectivity index (χ4n) is 3.54. The van der Waals surface area contributed by atoms with Gasteiger partial charge in [-0.2, -0.15) is 0 Å². The molecular weight excluding hydrogens is 320 g/mol. The van der Waals surface area contributed by atoms with Crippen LogP contribution in [0.5, 0.6) is 23.0 Å². The van der Waals surface area contributed by atoms with Crippen molar-refractivity contribution >= 4 is 5.78 Å². The molecule has 3 rings (SSSR count). The number of Topliss-reactive ketones (excluding diaryl/α,β-unsaturated/α-hetero) is 1. The van der Waals surface area contributed by atoms with Gasteiger partial charge in [0.05, 0.1) is 14.2 Å². The van der Waals surface area contributed by atoms with E-state index in [9.17, 15) is 15.0 Å². The van der Waals surface area contributed by atoms with Gasteiger partial charge in [0, 0.05) is 11.8 Å². The van der Waals surface area contributed by atoms with Crippen LogP contribution in [0.1, 0.15) is 42.2 Å². The molecule has 2 atom stereocenters. The number of benzene rings is 2. The lowest BCUT2D eigenvalue weighted by Gasteiger charge is -2.29. The number of carbonyl (C=O) groups excluding carboxylic acids is 1. The van der Waals surface area contributed by atoms with E-state index in [1.807, 2.05) is 0 Å². The largest absolute Gasteiger partial charge is 0.504 e. The molecule has 5 nitrogen and oxygen atoms in total. The van der Waals surface area contributed by atoms with Crippen LogP contribution in [-0.4, -0.2) is 30.2 Å². The zero-order valence-electron chi connectivity index (χ0n) is 14.4. The molecule has 2 N–H and O–H groups in total. The van der Waals surface area contributed by atoms with Crippen molar-refractivity contribution in [3.8, 4) is 23.0 Å². The summed E-state index contributed by atoms with van der Waals surface area (Å²) in [5, 5.41) is 19.5. The Kier molecular flexibility index (Phi) is 4.83. The second kappa shape index (κ2) is 7.05. The molecule has 0 heterocycles. The van der Waals surface area contributed by atoms with Crippen molar-refractivity contribution in [2.24, 2.45) is 0 Å². The Morgan fingerprint density at radius 2 is 1.28 bits per heavy atom. The minimum Gasteiger partial charge on any atom is -0.504 e. The molecule has 1 fully saturated rings. The van der Waals surface area contributed by atoms with Crippen LogP contribution >= 0.6 is 0 Å². The van der Waals surface area contributed by atoms with Crippen molar-refractivity contribution in [3.05, 3.63) is 47.5 Å². The van der Waals surface area contributed by atoms with Gasteiger partial charge in [0.15, 0.2) is 23.0 Å². The predicted molar refractivity (Wildman–Crippen MR) is 93.7 cm³/mol. The molecule has 2 aromatic carbocycles. The Morgan fingerprint density at radius 3 is 1.68 bits per heavy atom. The number of aromatic hydroxyl groups is 2. The summed E-state index contributed by atoms with van der Waals surface area (Å²) in [4.78, 5) is 13.1. The summed E-state index contributed by atoms with van der Waals surface area (Å²) in [7, 11) is 2.99. The molecule has 0 amide bonds. The number of ketones is 1. The molecule has 0 radical (unpaired) electrons. The molecule has 0 aromatic heterocycles. The van der Waals surface area contributed by atoms with Crippen LogP contribution < -0.4 is 9.47 Å². The van der Waals surface area contributed by atoms with Crippen LogP contribution in [0.3, 0.4) is 0 Å². The molecule has 1 aliphatic rings. The van der Waals surface area contributed by atoms with Gasteiger partial charge >= 0.3 is 0 Å². The number of hydrogen-bond acceptors (Lipinski definition) is 5. The highest BCUT2D eigenvalue weighted by molar-refractivity contribution is 5.92. The van der Waals surface area contributed by atoms with Gasteiger partial charge in [0.1, 0.15) is 5.78 Å². The van der Waals surface area contributed by atoms with Gasteiger partial charge in [-0.25, -0.2) is 0 Å². The first-order chi connectivity index (χ1) is 12.0. The summed E-state index contributed by atoms with van der Waals surface area (Å²) in [6.07, 6.45) is 2.48. The molecule has 132 valence electrons. The second-order valence-electron chi connectivity index (χ2n) is 6.30. The summed E-state index contributed by atoms with van der Waals surface area (Å²) in [6, 6.07) is 10.2. The highest BCUT2D eigenvalue weighted by atomic mass is 16.5. The molecule has 1 saturated carbocycles. The molecule has 0 spiro atoms. The van der Waals surface area contributed by atoms with E-state index < -0.39 is 0 Å². The molecule has 1 aliphatic carbocycles. The summed E-state index contributed by atoms with van der Waals surface area (Å²) >= 11 is 0. The van der Waals surface area contributed by atoms with Gasteiger partial charge in [-0.1, -0.05) is 18.6 Å². The average Bonchev–Trinajstić information content (AvgIpc) is 2.63. The van der Waals surface area contributed by atoms with E-state index in [1.54, 1.807) is 36.4 Å². The molecular formula is C20H22O5. The summed E-state index contributed by atoms with van der Waals surface area (Å²) in [6.45, 7) is 0. The van der Waals surface area contributed by atoms with E-state index in [4.69, 9.17) is 9.47 Å². The number of phenolic OH excluding ortho intramolecular Hbond substituents is 2. The summed E-state index contributed by atoms with van der Waals surface area (Å²) in [5.74, 6) is 0.564. The smallest absolute Gasteiger partial charge is 0.160 e. The van der Waals surface area contributed by atoms with Crippen molar-refractivity contribution in [2.45, 2.75) is 31.1 Å². The third kappa shape index (κ3) is 3.27. The van der Waals surface area contributed by atoms with Gasteiger partial charge in [-0.15, -0.1) is 0 Å². The first-order valence-corrected chi connectivity index (χ1v) is 8.32. The Morgan fingerprint density at radius 1 is 0.840 bits per heavy atom. The Labute approximate surface area is 146 Å². The van der Waals surface area contributed by atoms with E-state index in [0.29, 0.717) is 11.5 Å². The number of hydrogen-bond donors (Lipinski definition) is 2. The minimum atomic E-state index is -0.229. The summed E-state index contributed by atoms with van der Waals surface area (Å²) in [5.41, 5.74) is 1.71. The van der Waals surface area contributed by atoms with E-state index in [1.165, 1.54) is 14.2 Å². The van der Waals surface area contributed by atoms with Crippen LogP contribution in [0.15, 0.2) is 36.4 Å². The molecule has 2 unspecified atom stereocenters. The molecule has 5 heteroatoms. The lowest BCUT2D eigenvalue weighted by atomic mass is 9.74. The zero-order chi connectivity index (χ0) is 18.0. The SMILES string of the molecule is COc1cc(C2CCCC(c3ccc(O)c(OC)c3)C2=O)ccc1O. The van der Waals surface area contributed by atoms with E-state index in [2.05, 4.69) is 0 Å². The molecule has 2 aromatic rings. The molecule has 0 bridgehead atoms. The van der Waals surface area contributed by atoms with Crippen LogP contribution in [0.25, 0.3) is 0 Å². The second-order valence-corrected chi connectivity index (χ2v) is 6.30. The van der Waals surface area contributed by atoms with Crippen molar-refractivity contribution in [1.29, 1.82) is 0 Å². The standard InChI is InChI=1S/C20H22O5/c1-24-18-10-12(6-8-16(18)21)14-4-3-5-15(20(14)23)13-7-9-17(22)19(11-13)25-2/h6-11,14-15,21-22H,3-5H2,1-2H3. The zero-order valence-corrected chi connectivity index (χ0v) is 14.4. The molecule has 0 aliphatic heterocycles. The van der Waals surface area contributed by atoms with Crippen molar-refractivity contribution in [1.82, 2.24) is 0 Å². The van der Waals surface area contributed by atoms with Gasteiger partial charge in [-0.3, -0.25) is 4.79 Å². The van der Waals surface area contributed by atoms with Gasteiger partial charge < -0.3 is 19.7 Å².